The third-order valence-electron chi connectivity index (χ3n) is 4.92. The highest BCUT2D eigenvalue weighted by atomic mass is 32.2. The molecule has 3 N–H and O–H groups in total. The van der Waals surface area contributed by atoms with Crippen LogP contribution in [0.5, 0.6) is 0 Å². The summed E-state index contributed by atoms with van der Waals surface area (Å²) in [7, 11) is -3.60. The maximum atomic E-state index is 13.0. The van der Waals surface area contributed by atoms with Gasteiger partial charge in [0.1, 0.15) is 5.65 Å². The zero-order valence-electron chi connectivity index (χ0n) is 15.0. The topological polar surface area (TPSA) is 86.9 Å². The lowest BCUT2D eigenvalue weighted by Crippen LogP contribution is -2.42. The van der Waals surface area contributed by atoms with Crippen molar-refractivity contribution in [2.75, 3.05) is 13.1 Å². The van der Waals surface area contributed by atoms with Gasteiger partial charge >= 0.3 is 0 Å². The van der Waals surface area contributed by atoms with Gasteiger partial charge in [0.15, 0.2) is 0 Å². The van der Waals surface area contributed by atoms with Gasteiger partial charge in [-0.05, 0) is 61.3 Å². The molecule has 148 valence electrons. The van der Waals surface area contributed by atoms with Gasteiger partial charge in [-0.2, -0.15) is 0 Å². The van der Waals surface area contributed by atoms with E-state index in [1.54, 1.807) is 18.2 Å². The van der Waals surface area contributed by atoms with Gasteiger partial charge in [0, 0.05) is 17.6 Å². The summed E-state index contributed by atoms with van der Waals surface area (Å²) in [4.78, 5) is 6.89. The van der Waals surface area contributed by atoms with E-state index in [9.17, 15) is 17.2 Å². The number of H-pyrrole nitrogens is 1. The van der Waals surface area contributed by atoms with Crippen LogP contribution in [0.2, 0.25) is 0 Å². The summed E-state index contributed by atoms with van der Waals surface area (Å²) in [5, 5.41) is 3.77. The first-order valence-corrected chi connectivity index (χ1v) is 10.5. The number of sulfonamides is 1. The first-order chi connectivity index (χ1) is 13.4. The van der Waals surface area contributed by atoms with Crippen molar-refractivity contribution in [2.45, 2.75) is 30.2 Å². The zero-order valence-corrected chi connectivity index (χ0v) is 15.8. The van der Waals surface area contributed by atoms with Crippen molar-refractivity contribution in [2.24, 2.45) is 0 Å². The van der Waals surface area contributed by atoms with E-state index in [0.29, 0.717) is 16.6 Å². The molecule has 0 unspecified atom stereocenters. The second-order valence-corrected chi connectivity index (χ2v) is 8.53. The zero-order chi connectivity index (χ0) is 19.7. The molecule has 1 saturated heterocycles. The largest absolute Gasteiger partial charge is 0.338 e. The normalized spacial score (nSPS) is 16.1. The number of rotatable bonds is 5. The van der Waals surface area contributed by atoms with Crippen molar-refractivity contribution in [3.8, 4) is 11.1 Å². The molecule has 1 fully saturated rings. The third kappa shape index (κ3) is 3.78. The van der Waals surface area contributed by atoms with E-state index in [-0.39, 0.29) is 16.6 Å². The molecule has 1 aliphatic heterocycles. The second kappa shape index (κ2) is 7.57. The molecule has 0 aliphatic carbocycles. The number of halogens is 2. The standard InChI is InChI=1S/C19H20F2N4O2S/c20-18(21)17-11-16-15(7-10-23-19(16)24-17)12-1-3-14(4-2-12)28(26,27)25-13-5-8-22-9-6-13/h1-4,7,10-11,13,18,22,25H,5-6,8-9H2,(H,23,24). The molecule has 9 heteroatoms. The van der Waals surface area contributed by atoms with E-state index < -0.39 is 16.4 Å². The minimum atomic E-state index is -3.60. The fourth-order valence-electron chi connectivity index (χ4n) is 3.46. The van der Waals surface area contributed by atoms with Gasteiger partial charge in [-0.1, -0.05) is 12.1 Å². The Bertz CT molecular complexity index is 1080. The van der Waals surface area contributed by atoms with Gasteiger partial charge in [0.2, 0.25) is 10.0 Å². The molecule has 6 nitrogen and oxygen atoms in total. The fraction of sp³-hybridized carbons (Fsp3) is 0.316. The Labute approximate surface area is 161 Å². The molecule has 0 saturated carbocycles. The molecule has 0 spiro atoms. The van der Waals surface area contributed by atoms with Crippen LogP contribution in [0.1, 0.15) is 25.0 Å². The van der Waals surface area contributed by atoms with Crippen LogP contribution in [0.15, 0.2) is 47.5 Å². The monoisotopic (exact) mass is 406 g/mol. The summed E-state index contributed by atoms with van der Waals surface area (Å²) in [5.74, 6) is 0. The lowest BCUT2D eigenvalue weighted by atomic mass is 10.0. The minimum absolute atomic E-state index is 0.0710. The lowest BCUT2D eigenvalue weighted by Gasteiger charge is -2.23. The van der Waals surface area contributed by atoms with E-state index >= 15 is 0 Å². The molecule has 0 atom stereocenters. The molecule has 4 rings (SSSR count). The Morgan fingerprint density at radius 3 is 2.50 bits per heavy atom. The Kier molecular flexibility index (Phi) is 5.13. The highest BCUT2D eigenvalue weighted by Gasteiger charge is 2.22. The van der Waals surface area contributed by atoms with Crippen molar-refractivity contribution < 1.29 is 17.2 Å². The number of aromatic amines is 1. The quantitative estimate of drug-likeness (QED) is 0.607. The molecule has 0 radical (unpaired) electrons. The number of fused-ring (bicyclic) bond motifs is 1. The summed E-state index contributed by atoms with van der Waals surface area (Å²) < 4.78 is 53.9. The number of nitrogens with one attached hydrogen (secondary N) is 3. The van der Waals surface area contributed by atoms with E-state index in [1.165, 1.54) is 24.4 Å². The lowest BCUT2D eigenvalue weighted by molar-refractivity contribution is 0.147. The first-order valence-electron chi connectivity index (χ1n) is 9.03. The molecular weight excluding hydrogens is 386 g/mol. The van der Waals surface area contributed by atoms with Crippen LogP contribution in [0.3, 0.4) is 0 Å². The predicted molar refractivity (Wildman–Crippen MR) is 103 cm³/mol. The van der Waals surface area contributed by atoms with Crippen molar-refractivity contribution in [3.63, 3.8) is 0 Å². The van der Waals surface area contributed by atoms with Crippen molar-refractivity contribution in [1.82, 2.24) is 20.0 Å². The van der Waals surface area contributed by atoms with E-state index in [2.05, 4.69) is 20.0 Å². The molecule has 28 heavy (non-hydrogen) atoms. The summed E-state index contributed by atoms with van der Waals surface area (Å²) in [6.45, 7) is 1.59. The van der Waals surface area contributed by atoms with Crippen molar-refractivity contribution in [1.29, 1.82) is 0 Å². The van der Waals surface area contributed by atoms with Crippen molar-refractivity contribution in [3.05, 3.63) is 48.3 Å². The van der Waals surface area contributed by atoms with E-state index in [4.69, 9.17) is 0 Å². The maximum absolute atomic E-state index is 13.0. The summed E-state index contributed by atoms with van der Waals surface area (Å²) >= 11 is 0. The van der Waals surface area contributed by atoms with Gasteiger partial charge in [0.25, 0.3) is 6.43 Å². The fourth-order valence-corrected chi connectivity index (χ4v) is 4.76. The van der Waals surface area contributed by atoms with Gasteiger partial charge in [0.05, 0.1) is 10.6 Å². The molecule has 0 bridgehead atoms. The van der Waals surface area contributed by atoms with E-state index in [1.807, 2.05) is 0 Å². The van der Waals surface area contributed by atoms with Crippen LogP contribution >= 0.6 is 0 Å². The van der Waals surface area contributed by atoms with Crippen LogP contribution in [-0.4, -0.2) is 37.5 Å². The average Bonchev–Trinajstić information content (AvgIpc) is 3.13. The molecule has 2 aromatic heterocycles. The first kappa shape index (κ1) is 19.0. The Morgan fingerprint density at radius 2 is 1.82 bits per heavy atom. The number of benzene rings is 1. The van der Waals surface area contributed by atoms with E-state index in [0.717, 1.165) is 31.5 Å². The third-order valence-corrected chi connectivity index (χ3v) is 6.46. The Morgan fingerprint density at radius 1 is 1.11 bits per heavy atom. The van der Waals surface area contributed by atoms with Gasteiger partial charge in [-0.15, -0.1) is 0 Å². The van der Waals surface area contributed by atoms with Crippen LogP contribution in [0.25, 0.3) is 22.2 Å². The molecule has 1 aliphatic rings. The summed E-state index contributed by atoms with van der Waals surface area (Å²) in [6.07, 6.45) is 0.432. The van der Waals surface area contributed by atoms with Crippen LogP contribution < -0.4 is 10.0 Å². The number of alkyl halides is 2. The van der Waals surface area contributed by atoms with Crippen LogP contribution in [-0.2, 0) is 10.0 Å². The minimum Gasteiger partial charge on any atom is -0.338 e. The van der Waals surface area contributed by atoms with Gasteiger partial charge in [-0.3, -0.25) is 0 Å². The molecule has 3 aromatic rings. The van der Waals surface area contributed by atoms with Gasteiger partial charge in [-0.25, -0.2) is 26.9 Å². The number of hydrogen-bond acceptors (Lipinski definition) is 4. The molecule has 0 amide bonds. The highest BCUT2D eigenvalue weighted by molar-refractivity contribution is 7.89. The molecule has 1 aromatic carbocycles. The number of pyridine rings is 1. The highest BCUT2D eigenvalue weighted by Crippen LogP contribution is 2.31. The Hall–Kier alpha value is -2.36. The van der Waals surface area contributed by atoms with Gasteiger partial charge < -0.3 is 10.3 Å². The SMILES string of the molecule is O=S(=O)(NC1CCNCC1)c1ccc(-c2ccnc3[nH]c(C(F)F)cc23)cc1. The summed E-state index contributed by atoms with van der Waals surface area (Å²) in [6, 6.07) is 9.46. The van der Waals surface area contributed by atoms with Crippen molar-refractivity contribution >= 4 is 21.1 Å². The number of nitrogens with zero attached hydrogens (tertiary/aromatic N) is 1. The predicted octanol–water partition coefficient (Wildman–Crippen LogP) is 3.20. The molecular formula is C19H20F2N4O2S. The number of hydrogen-bond donors (Lipinski definition) is 3. The second-order valence-electron chi connectivity index (χ2n) is 6.82. The average molecular weight is 406 g/mol. The smallest absolute Gasteiger partial charge is 0.278 e. The Balaban J connectivity index is 1.62. The maximum Gasteiger partial charge on any atom is 0.278 e. The number of aromatic nitrogens is 2. The van der Waals surface area contributed by atoms with Crippen LogP contribution in [0, 0.1) is 0 Å². The summed E-state index contributed by atoms with van der Waals surface area (Å²) in [5.41, 5.74) is 1.62. The van der Waals surface area contributed by atoms with Crippen LogP contribution in [0.4, 0.5) is 8.78 Å². The number of piperidine rings is 1. The molecule has 3 heterocycles.